The summed E-state index contributed by atoms with van der Waals surface area (Å²) in [5.41, 5.74) is 2.16. The maximum absolute atomic E-state index is 4.47. The number of aryl methyl sites for hydroxylation is 4. The monoisotopic (exact) mass is 250 g/mol. The molecule has 4 nitrogen and oxygen atoms in total. The van der Waals surface area contributed by atoms with Gasteiger partial charge in [-0.15, -0.1) is 11.3 Å². The van der Waals surface area contributed by atoms with Gasteiger partial charge in [0, 0.05) is 36.8 Å². The second-order valence-corrected chi connectivity index (χ2v) is 5.00. The summed E-state index contributed by atoms with van der Waals surface area (Å²) in [4.78, 5) is 8.93. The smallest absolute Gasteiger partial charge is 0.203 e. The van der Waals surface area contributed by atoms with E-state index in [0.717, 1.165) is 36.8 Å². The molecule has 0 saturated carbocycles. The molecule has 5 heteroatoms. The molecule has 0 aliphatic rings. The van der Waals surface area contributed by atoms with E-state index in [-0.39, 0.29) is 0 Å². The van der Waals surface area contributed by atoms with Gasteiger partial charge in [0.05, 0.1) is 10.7 Å². The van der Waals surface area contributed by atoms with Crippen LogP contribution in [0.3, 0.4) is 0 Å². The highest BCUT2D eigenvalue weighted by Gasteiger charge is 2.05. The van der Waals surface area contributed by atoms with Crippen LogP contribution in [0.1, 0.15) is 23.3 Å². The van der Waals surface area contributed by atoms with Gasteiger partial charge >= 0.3 is 0 Å². The first-order valence-electron chi connectivity index (χ1n) is 5.87. The van der Waals surface area contributed by atoms with Crippen LogP contribution in [0.2, 0.25) is 0 Å². The Kier molecular flexibility index (Phi) is 3.78. The summed E-state index contributed by atoms with van der Waals surface area (Å²) in [5.74, 6) is 0.957. The summed E-state index contributed by atoms with van der Waals surface area (Å²) in [6, 6.07) is 0. The molecule has 2 aromatic rings. The van der Waals surface area contributed by atoms with Crippen molar-refractivity contribution in [1.82, 2.24) is 14.5 Å². The van der Waals surface area contributed by atoms with E-state index in [0.29, 0.717) is 0 Å². The highest BCUT2D eigenvalue weighted by molar-refractivity contribution is 7.09. The van der Waals surface area contributed by atoms with Gasteiger partial charge in [0.2, 0.25) is 5.95 Å². The summed E-state index contributed by atoms with van der Waals surface area (Å²) >= 11 is 1.73. The molecule has 0 aliphatic carbocycles. The van der Waals surface area contributed by atoms with Gasteiger partial charge in [0.25, 0.3) is 0 Å². The number of imidazole rings is 1. The van der Waals surface area contributed by atoms with Gasteiger partial charge in [-0.1, -0.05) is 0 Å². The number of thiazole rings is 1. The van der Waals surface area contributed by atoms with E-state index in [1.807, 2.05) is 13.8 Å². The molecule has 0 unspecified atom stereocenters. The largest absolute Gasteiger partial charge is 0.356 e. The van der Waals surface area contributed by atoms with Crippen LogP contribution in [0.15, 0.2) is 11.6 Å². The third-order valence-corrected chi connectivity index (χ3v) is 3.49. The first-order valence-corrected chi connectivity index (χ1v) is 6.75. The van der Waals surface area contributed by atoms with Crippen LogP contribution in [0.25, 0.3) is 0 Å². The average molecular weight is 250 g/mol. The lowest BCUT2D eigenvalue weighted by atomic mass is 10.4. The van der Waals surface area contributed by atoms with E-state index in [2.05, 4.69) is 38.4 Å². The maximum atomic E-state index is 4.47. The van der Waals surface area contributed by atoms with Crippen LogP contribution in [0.4, 0.5) is 5.95 Å². The number of hydrogen-bond donors (Lipinski definition) is 1. The van der Waals surface area contributed by atoms with Crippen LogP contribution >= 0.6 is 11.3 Å². The van der Waals surface area contributed by atoms with E-state index in [1.165, 1.54) is 5.01 Å². The SMILES string of the molecule is CCNc1nc(C)cn1CCc1nc(C)cs1. The molecule has 0 spiro atoms. The first kappa shape index (κ1) is 12.1. The van der Waals surface area contributed by atoms with Crippen LogP contribution in [0.5, 0.6) is 0 Å². The van der Waals surface area contributed by atoms with Crippen molar-refractivity contribution in [2.24, 2.45) is 0 Å². The normalized spacial score (nSPS) is 10.8. The van der Waals surface area contributed by atoms with E-state index >= 15 is 0 Å². The standard InChI is InChI=1S/C12H18N4S/c1-4-13-12-15-9(2)7-16(12)6-5-11-14-10(3)8-17-11/h7-8H,4-6H2,1-3H3,(H,13,15). The Morgan fingerprint density at radius 3 is 2.76 bits per heavy atom. The summed E-state index contributed by atoms with van der Waals surface area (Å²) < 4.78 is 2.16. The first-order chi connectivity index (χ1) is 8.19. The predicted molar refractivity (Wildman–Crippen MR) is 71.7 cm³/mol. The van der Waals surface area contributed by atoms with Crippen molar-refractivity contribution in [3.8, 4) is 0 Å². The second kappa shape index (κ2) is 5.31. The summed E-state index contributed by atoms with van der Waals surface area (Å²) in [7, 11) is 0. The Balaban J connectivity index is 2.02. The molecule has 17 heavy (non-hydrogen) atoms. The Morgan fingerprint density at radius 1 is 1.29 bits per heavy atom. The molecule has 0 fully saturated rings. The lowest BCUT2D eigenvalue weighted by molar-refractivity contribution is 0.696. The molecule has 0 bridgehead atoms. The van der Waals surface area contributed by atoms with Crippen molar-refractivity contribution in [2.75, 3.05) is 11.9 Å². The molecule has 92 valence electrons. The molecule has 0 amide bonds. The Morgan fingerprint density at radius 2 is 2.12 bits per heavy atom. The fourth-order valence-electron chi connectivity index (χ4n) is 1.75. The predicted octanol–water partition coefficient (Wildman–Crippen LogP) is 2.63. The van der Waals surface area contributed by atoms with Crippen molar-refractivity contribution >= 4 is 17.3 Å². The van der Waals surface area contributed by atoms with Gasteiger partial charge in [-0.2, -0.15) is 0 Å². The van der Waals surface area contributed by atoms with Crippen molar-refractivity contribution in [2.45, 2.75) is 33.7 Å². The third-order valence-electron chi connectivity index (χ3n) is 2.47. The molecule has 0 atom stereocenters. The minimum absolute atomic E-state index is 0.896. The van der Waals surface area contributed by atoms with Crippen molar-refractivity contribution in [3.63, 3.8) is 0 Å². The average Bonchev–Trinajstić information content (AvgIpc) is 2.83. The lowest BCUT2D eigenvalue weighted by Crippen LogP contribution is -2.08. The number of nitrogens with zero attached hydrogens (tertiary/aromatic N) is 3. The molecule has 0 saturated heterocycles. The van der Waals surface area contributed by atoms with Gasteiger partial charge in [0.1, 0.15) is 0 Å². The number of nitrogens with one attached hydrogen (secondary N) is 1. The summed E-state index contributed by atoms with van der Waals surface area (Å²) in [6.07, 6.45) is 3.05. The number of hydrogen-bond acceptors (Lipinski definition) is 4. The Bertz CT molecular complexity index is 486. The van der Waals surface area contributed by atoms with Gasteiger partial charge in [-0.25, -0.2) is 9.97 Å². The van der Waals surface area contributed by atoms with E-state index in [1.54, 1.807) is 11.3 Å². The van der Waals surface area contributed by atoms with Crippen molar-refractivity contribution < 1.29 is 0 Å². The molecule has 0 radical (unpaired) electrons. The zero-order chi connectivity index (χ0) is 12.3. The Labute approximate surface area is 106 Å². The molecule has 0 aromatic carbocycles. The molecule has 0 aliphatic heterocycles. The summed E-state index contributed by atoms with van der Waals surface area (Å²) in [5, 5.41) is 6.56. The topological polar surface area (TPSA) is 42.7 Å². The number of anilines is 1. The van der Waals surface area contributed by atoms with Crippen molar-refractivity contribution in [1.29, 1.82) is 0 Å². The molecule has 2 aromatic heterocycles. The highest BCUT2D eigenvalue weighted by atomic mass is 32.1. The minimum atomic E-state index is 0.896. The van der Waals surface area contributed by atoms with E-state index in [9.17, 15) is 0 Å². The van der Waals surface area contributed by atoms with Gasteiger partial charge in [-0.3, -0.25) is 0 Å². The number of rotatable bonds is 5. The molecule has 2 heterocycles. The molecule has 1 N–H and O–H groups in total. The number of aromatic nitrogens is 3. The Hall–Kier alpha value is -1.36. The van der Waals surface area contributed by atoms with E-state index in [4.69, 9.17) is 0 Å². The third kappa shape index (κ3) is 3.06. The van der Waals surface area contributed by atoms with Gasteiger partial charge < -0.3 is 9.88 Å². The molecular formula is C12H18N4S. The fourth-order valence-corrected chi connectivity index (χ4v) is 2.52. The molecular weight excluding hydrogens is 232 g/mol. The maximum Gasteiger partial charge on any atom is 0.203 e. The minimum Gasteiger partial charge on any atom is -0.356 e. The van der Waals surface area contributed by atoms with Crippen LogP contribution in [0, 0.1) is 13.8 Å². The summed E-state index contributed by atoms with van der Waals surface area (Å²) in [6.45, 7) is 7.96. The zero-order valence-electron chi connectivity index (χ0n) is 10.5. The zero-order valence-corrected chi connectivity index (χ0v) is 11.3. The molecule has 2 rings (SSSR count). The van der Waals surface area contributed by atoms with Crippen molar-refractivity contribution in [3.05, 3.63) is 28.0 Å². The fraction of sp³-hybridized carbons (Fsp3) is 0.500. The quantitative estimate of drug-likeness (QED) is 0.887. The highest BCUT2D eigenvalue weighted by Crippen LogP contribution is 2.13. The lowest BCUT2D eigenvalue weighted by Gasteiger charge is -2.06. The van der Waals surface area contributed by atoms with Crippen LogP contribution in [-0.2, 0) is 13.0 Å². The van der Waals surface area contributed by atoms with Crippen LogP contribution < -0.4 is 5.32 Å². The van der Waals surface area contributed by atoms with Gasteiger partial charge in [-0.05, 0) is 20.8 Å². The van der Waals surface area contributed by atoms with Gasteiger partial charge in [0.15, 0.2) is 0 Å². The van der Waals surface area contributed by atoms with E-state index < -0.39 is 0 Å². The van der Waals surface area contributed by atoms with Crippen LogP contribution in [-0.4, -0.2) is 21.1 Å². The second-order valence-electron chi connectivity index (χ2n) is 4.06.